The standard InChI is InChI=1S/C30H37N3O2S/c1-21-11-14-26-25(17-21)22(12-13-24-20-35-30(5,6)33(24)29(2,3)4)18-28(31-26)32-15-16-36(34)27-10-8-7-9-23(27)19-32/h7-14,17-18,24H,15-16,19-20H2,1-6H3/b13-12+. The Morgan fingerprint density at radius 3 is 2.69 bits per heavy atom. The van der Waals surface area contributed by atoms with E-state index in [9.17, 15) is 4.21 Å². The molecule has 5 rings (SSSR count). The number of rotatable bonds is 3. The SMILES string of the molecule is Cc1ccc2nc(N3CCS(=O)c4ccccc4C3)cc(/C=C/C3COC(C)(C)N3C(C)(C)C)c2c1. The fourth-order valence-corrected chi connectivity index (χ4v) is 7.05. The van der Waals surface area contributed by atoms with E-state index in [4.69, 9.17) is 9.72 Å². The highest BCUT2D eigenvalue weighted by Gasteiger charge is 2.45. The van der Waals surface area contributed by atoms with E-state index in [1.54, 1.807) is 0 Å². The third-order valence-corrected chi connectivity index (χ3v) is 8.61. The minimum Gasteiger partial charge on any atom is -0.359 e. The number of hydrogen-bond acceptors (Lipinski definition) is 5. The van der Waals surface area contributed by atoms with Crippen LogP contribution in [0.4, 0.5) is 5.82 Å². The molecule has 3 heterocycles. The van der Waals surface area contributed by atoms with Crippen LogP contribution in [-0.2, 0) is 22.1 Å². The maximum Gasteiger partial charge on any atom is 0.130 e. The Morgan fingerprint density at radius 1 is 1.14 bits per heavy atom. The van der Waals surface area contributed by atoms with Gasteiger partial charge < -0.3 is 9.64 Å². The average molecular weight is 504 g/mol. The van der Waals surface area contributed by atoms with Gasteiger partial charge in [-0.15, -0.1) is 0 Å². The minimum atomic E-state index is -0.991. The van der Waals surface area contributed by atoms with E-state index in [0.717, 1.165) is 32.7 Å². The van der Waals surface area contributed by atoms with E-state index in [1.807, 2.05) is 18.2 Å². The lowest BCUT2D eigenvalue weighted by Gasteiger charge is -2.43. The Morgan fingerprint density at radius 2 is 1.92 bits per heavy atom. The molecule has 0 radical (unpaired) electrons. The summed E-state index contributed by atoms with van der Waals surface area (Å²) in [5.41, 5.74) is 4.12. The molecule has 1 fully saturated rings. The predicted molar refractivity (Wildman–Crippen MR) is 150 cm³/mol. The van der Waals surface area contributed by atoms with Gasteiger partial charge in [0.2, 0.25) is 0 Å². The monoisotopic (exact) mass is 503 g/mol. The van der Waals surface area contributed by atoms with E-state index in [0.29, 0.717) is 25.4 Å². The van der Waals surface area contributed by atoms with Crippen LogP contribution in [0.25, 0.3) is 17.0 Å². The molecule has 1 saturated heterocycles. The van der Waals surface area contributed by atoms with Gasteiger partial charge in [-0.3, -0.25) is 9.11 Å². The summed E-state index contributed by atoms with van der Waals surface area (Å²) in [7, 11) is -0.991. The third kappa shape index (κ3) is 4.86. The predicted octanol–water partition coefficient (Wildman–Crippen LogP) is 5.92. The number of fused-ring (bicyclic) bond motifs is 2. The summed E-state index contributed by atoms with van der Waals surface area (Å²) in [5, 5.41) is 1.15. The fourth-order valence-electron chi connectivity index (χ4n) is 5.79. The first-order valence-electron chi connectivity index (χ1n) is 12.8. The molecule has 2 aliphatic heterocycles. The number of nitrogens with zero attached hydrogens (tertiary/aromatic N) is 3. The lowest BCUT2D eigenvalue weighted by Crippen LogP contribution is -2.53. The van der Waals surface area contributed by atoms with Crippen LogP contribution in [0.1, 0.15) is 51.3 Å². The summed E-state index contributed by atoms with van der Waals surface area (Å²) in [6.45, 7) is 15.2. The van der Waals surface area contributed by atoms with E-state index in [2.05, 4.69) is 93.8 Å². The second-order valence-corrected chi connectivity index (χ2v) is 12.9. The van der Waals surface area contributed by atoms with Gasteiger partial charge in [-0.2, -0.15) is 0 Å². The summed E-state index contributed by atoms with van der Waals surface area (Å²) in [5.74, 6) is 1.53. The molecule has 190 valence electrons. The molecule has 0 N–H and O–H groups in total. The van der Waals surface area contributed by atoms with Crippen molar-refractivity contribution in [3.63, 3.8) is 0 Å². The summed E-state index contributed by atoms with van der Waals surface area (Å²) in [6.07, 6.45) is 4.53. The average Bonchev–Trinajstić information content (AvgIpc) is 3.04. The second kappa shape index (κ2) is 9.40. The van der Waals surface area contributed by atoms with Gasteiger partial charge in [0.1, 0.15) is 11.5 Å². The third-order valence-electron chi connectivity index (χ3n) is 7.17. The van der Waals surface area contributed by atoms with Crippen molar-refractivity contribution < 1.29 is 8.95 Å². The van der Waals surface area contributed by atoms with Gasteiger partial charge in [0.25, 0.3) is 0 Å². The molecule has 2 aromatic carbocycles. The van der Waals surface area contributed by atoms with Crippen LogP contribution in [0.2, 0.25) is 0 Å². The van der Waals surface area contributed by atoms with Crippen LogP contribution in [-0.4, -0.2) is 50.3 Å². The Hall–Kier alpha value is -2.54. The number of aryl methyl sites for hydroxylation is 1. The number of pyridine rings is 1. The quantitative estimate of drug-likeness (QED) is 0.444. The molecule has 0 bridgehead atoms. The lowest BCUT2D eigenvalue weighted by atomic mass is 9.99. The van der Waals surface area contributed by atoms with Crippen molar-refractivity contribution in [2.24, 2.45) is 0 Å². The van der Waals surface area contributed by atoms with E-state index in [1.165, 1.54) is 5.56 Å². The molecule has 0 spiro atoms. The molecule has 6 heteroatoms. The van der Waals surface area contributed by atoms with Crippen molar-refractivity contribution in [3.05, 3.63) is 71.3 Å². The number of benzene rings is 2. The number of hydrogen-bond donors (Lipinski definition) is 0. The zero-order chi connectivity index (χ0) is 25.7. The van der Waals surface area contributed by atoms with E-state index >= 15 is 0 Å². The second-order valence-electron chi connectivity index (χ2n) is 11.4. The van der Waals surface area contributed by atoms with Crippen molar-refractivity contribution in [1.82, 2.24) is 9.88 Å². The van der Waals surface area contributed by atoms with Crippen LogP contribution < -0.4 is 4.90 Å². The molecule has 0 saturated carbocycles. The normalized spacial score (nSPS) is 22.8. The van der Waals surface area contributed by atoms with Crippen molar-refractivity contribution in [1.29, 1.82) is 0 Å². The van der Waals surface area contributed by atoms with Crippen molar-refractivity contribution in [2.75, 3.05) is 23.8 Å². The number of anilines is 1. The van der Waals surface area contributed by atoms with Gasteiger partial charge >= 0.3 is 0 Å². The van der Waals surface area contributed by atoms with Gasteiger partial charge in [-0.05, 0) is 76.9 Å². The van der Waals surface area contributed by atoms with Crippen LogP contribution in [0.5, 0.6) is 0 Å². The van der Waals surface area contributed by atoms with Crippen LogP contribution in [0, 0.1) is 6.92 Å². The van der Waals surface area contributed by atoms with Crippen molar-refractivity contribution in [3.8, 4) is 0 Å². The first-order valence-corrected chi connectivity index (χ1v) is 14.1. The molecule has 5 nitrogen and oxygen atoms in total. The maximum atomic E-state index is 12.8. The Labute approximate surface area is 217 Å². The molecular weight excluding hydrogens is 466 g/mol. The highest BCUT2D eigenvalue weighted by molar-refractivity contribution is 7.85. The Balaban J connectivity index is 1.55. The van der Waals surface area contributed by atoms with Crippen LogP contribution in [0.15, 0.2) is 59.5 Å². The molecule has 2 atom stereocenters. The molecule has 36 heavy (non-hydrogen) atoms. The van der Waals surface area contributed by atoms with Crippen LogP contribution >= 0.6 is 0 Å². The number of aromatic nitrogens is 1. The zero-order valence-corrected chi connectivity index (χ0v) is 23.1. The highest BCUT2D eigenvalue weighted by atomic mass is 32.2. The number of ether oxygens (including phenoxy) is 1. The summed E-state index contributed by atoms with van der Waals surface area (Å²) >= 11 is 0. The summed E-state index contributed by atoms with van der Waals surface area (Å²) < 4.78 is 19.0. The van der Waals surface area contributed by atoms with Crippen molar-refractivity contribution in [2.45, 2.75) is 70.3 Å². The smallest absolute Gasteiger partial charge is 0.130 e. The molecule has 2 aliphatic rings. The first-order chi connectivity index (χ1) is 17.0. The molecule has 2 unspecified atom stereocenters. The van der Waals surface area contributed by atoms with Gasteiger partial charge in [0.15, 0.2) is 0 Å². The largest absolute Gasteiger partial charge is 0.359 e. The van der Waals surface area contributed by atoms with E-state index < -0.39 is 10.8 Å². The fraction of sp³-hybridized carbons (Fsp3) is 0.433. The van der Waals surface area contributed by atoms with Gasteiger partial charge in [0.05, 0.1) is 29.0 Å². The summed E-state index contributed by atoms with van der Waals surface area (Å²) in [4.78, 5) is 10.7. The van der Waals surface area contributed by atoms with Gasteiger partial charge in [-0.25, -0.2) is 4.98 Å². The topological polar surface area (TPSA) is 45.7 Å². The first kappa shape index (κ1) is 25.1. The molecule has 0 aliphatic carbocycles. The molecule has 3 aromatic rings. The Kier molecular flexibility index (Phi) is 6.56. The summed E-state index contributed by atoms with van der Waals surface area (Å²) in [6, 6.07) is 16.9. The lowest BCUT2D eigenvalue weighted by molar-refractivity contribution is -0.0886. The van der Waals surface area contributed by atoms with Crippen molar-refractivity contribution >= 4 is 33.6 Å². The molecule has 0 amide bonds. The maximum absolute atomic E-state index is 12.8. The van der Waals surface area contributed by atoms with Gasteiger partial charge in [-0.1, -0.05) is 42.0 Å². The Bertz CT molecular complexity index is 1340. The van der Waals surface area contributed by atoms with Crippen LogP contribution in [0.3, 0.4) is 0 Å². The van der Waals surface area contributed by atoms with Gasteiger partial charge in [0, 0.05) is 34.7 Å². The molecule has 1 aromatic heterocycles. The highest BCUT2D eigenvalue weighted by Crippen LogP contribution is 2.36. The molecular formula is C30H37N3O2S. The van der Waals surface area contributed by atoms with E-state index in [-0.39, 0.29) is 17.3 Å². The zero-order valence-electron chi connectivity index (χ0n) is 22.2. The minimum absolute atomic E-state index is 0.0217.